The van der Waals surface area contributed by atoms with Gasteiger partial charge in [-0.3, -0.25) is 4.79 Å². The molecule has 1 fully saturated rings. The number of anilines is 1. The minimum Gasteiger partial charge on any atom is -0.496 e. The summed E-state index contributed by atoms with van der Waals surface area (Å²) in [4.78, 5) is 24.2. The summed E-state index contributed by atoms with van der Waals surface area (Å²) in [6.07, 6.45) is 3.94. The fourth-order valence-electron chi connectivity index (χ4n) is 3.40. The lowest BCUT2D eigenvalue weighted by molar-refractivity contribution is -0.127. The molecule has 1 aliphatic rings. The highest BCUT2D eigenvalue weighted by Crippen LogP contribution is 2.33. The van der Waals surface area contributed by atoms with E-state index in [-0.39, 0.29) is 24.9 Å². The molecular weight excluding hydrogens is 450 g/mol. The minimum absolute atomic E-state index is 0.0304. The van der Waals surface area contributed by atoms with E-state index in [1.165, 1.54) is 0 Å². The first-order valence-corrected chi connectivity index (χ1v) is 10.7. The van der Waals surface area contributed by atoms with Gasteiger partial charge in [0.05, 0.1) is 28.9 Å². The summed E-state index contributed by atoms with van der Waals surface area (Å²) in [5.74, 6) is 1.49. The van der Waals surface area contributed by atoms with E-state index in [9.17, 15) is 9.90 Å². The maximum Gasteiger partial charge on any atom is 0.223 e. The lowest BCUT2D eigenvalue weighted by Gasteiger charge is -2.24. The highest BCUT2D eigenvalue weighted by Gasteiger charge is 2.25. The second-order valence-corrected chi connectivity index (χ2v) is 8.23. The molecule has 30 heavy (non-hydrogen) atoms. The zero-order valence-electron chi connectivity index (χ0n) is 16.6. The molecule has 2 heterocycles. The number of carbonyl (C=O) groups is 1. The molecule has 0 aliphatic heterocycles. The average molecular weight is 474 g/mol. The number of carbonyl (C=O) groups excluding carboxylic acids is 1. The van der Waals surface area contributed by atoms with Crippen LogP contribution in [0, 0.1) is 5.92 Å². The van der Waals surface area contributed by atoms with Crippen molar-refractivity contribution in [2.24, 2.45) is 5.92 Å². The van der Waals surface area contributed by atoms with Gasteiger partial charge >= 0.3 is 0 Å². The highest BCUT2D eigenvalue weighted by molar-refractivity contribution is 9.10. The normalized spacial score (nSPS) is 14.9. The second-order valence-electron chi connectivity index (χ2n) is 7.37. The highest BCUT2D eigenvalue weighted by atomic mass is 79.9. The molecule has 4 N–H and O–H groups in total. The van der Waals surface area contributed by atoms with Crippen LogP contribution in [-0.2, 0) is 4.79 Å². The zero-order valence-corrected chi connectivity index (χ0v) is 18.2. The van der Waals surface area contributed by atoms with Crippen LogP contribution in [0.5, 0.6) is 5.75 Å². The van der Waals surface area contributed by atoms with Crippen molar-refractivity contribution in [2.45, 2.75) is 25.4 Å². The van der Waals surface area contributed by atoms with Crippen molar-refractivity contribution >= 4 is 38.7 Å². The number of hydrogen-bond acceptors (Lipinski definition) is 6. The van der Waals surface area contributed by atoms with Crippen molar-refractivity contribution in [1.29, 1.82) is 0 Å². The van der Waals surface area contributed by atoms with E-state index >= 15 is 0 Å². The maximum atomic E-state index is 11.9. The summed E-state index contributed by atoms with van der Waals surface area (Å²) in [6.45, 7) is 0.481. The Hall–Kier alpha value is -2.65. The van der Waals surface area contributed by atoms with Crippen molar-refractivity contribution in [2.75, 3.05) is 25.5 Å². The molecule has 1 aromatic carbocycles. The van der Waals surface area contributed by atoms with E-state index in [1.54, 1.807) is 13.3 Å². The van der Waals surface area contributed by atoms with Crippen LogP contribution in [0.25, 0.3) is 22.6 Å². The van der Waals surface area contributed by atoms with Crippen LogP contribution in [0.15, 0.2) is 34.9 Å². The van der Waals surface area contributed by atoms with Gasteiger partial charge < -0.3 is 25.5 Å². The number of pyridine rings is 1. The third kappa shape index (κ3) is 4.27. The van der Waals surface area contributed by atoms with Crippen LogP contribution < -0.4 is 15.4 Å². The topological polar surface area (TPSA) is 112 Å². The van der Waals surface area contributed by atoms with E-state index in [0.717, 1.165) is 40.5 Å². The number of benzene rings is 1. The van der Waals surface area contributed by atoms with E-state index in [0.29, 0.717) is 17.2 Å². The van der Waals surface area contributed by atoms with Crippen LogP contribution >= 0.6 is 15.9 Å². The zero-order chi connectivity index (χ0) is 21.1. The van der Waals surface area contributed by atoms with E-state index < -0.39 is 6.10 Å². The van der Waals surface area contributed by atoms with Crippen LogP contribution in [-0.4, -0.2) is 52.3 Å². The number of aromatic amines is 1. The van der Waals surface area contributed by atoms with Crippen molar-refractivity contribution in [3.63, 3.8) is 0 Å². The van der Waals surface area contributed by atoms with E-state index in [2.05, 4.69) is 41.5 Å². The molecule has 1 aliphatic carbocycles. The maximum absolute atomic E-state index is 11.9. The first-order valence-electron chi connectivity index (χ1n) is 9.94. The van der Waals surface area contributed by atoms with Gasteiger partial charge in [-0.2, -0.15) is 0 Å². The summed E-state index contributed by atoms with van der Waals surface area (Å²) in [5, 5.41) is 16.4. The number of imidazole rings is 1. The van der Waals surface area contributed by atoms with Crippen molar-refractivity contribution in [3.8, 4) is 17.1 Å². The Bertz CT molecular complexity index is 1050. The number of aromatic nitrogens is 3. The molecule has 3 aromatic rings. The van der Waals surface area contributed by atoms with Gasteiger partial charge in [0.25, 0.3) is 0 Å². The van der Waals surface area contributed by atoms with Crippen molar-refractivity contribution in [1.82, 2.24) is 20.3 Å². The number of hydrogen-bond donors (Lipinski definition) is 4. The predicted octanol–water partition coefficient (Wildman–Crippen LogP) is 3.09. The van der Waals surface area contributed by atoms with E-state index in [1.807, 2.05) is 24.3 Å². The average Bonchev–Trinajstić information content (AvgIpc) is 3.14. The third-order valence-electron chi connectivity index (χ3n) is 5.34. The van der Waals surface area contributed by atoms with Gasteiger partial charge in [0, 0.05) is 25.2 Å². The third-order valence-corrected chi connectivity index (χ3v) is 5.94. The minimum atomic E-state index is -0.722. The Labute approximate surface area is 182 Å². The largest absolute Gasteiger partial charge is 0.496 e. The van der Waals surface area contributed by atoms with E-state index in [4.69, 9.17) is 4.74 Å². The molecular formula is C21H24BrN5O3. The molecule has 0 spiro atoms. The van der Waals surface area contributed by atoms with Gasteiger partial charge in [-0.05, 0) is 40.9 Å². The van der Waals surface area contributed by atoms with Gasteiger partial charge in [-0.25, -0.2) is 9.97 Å². The number of methoxy groups -OCH3 is 1. The molecule has 1 amide bonds. The Morgan fingerprint density at radius 3 is 2.90 bits per heavy atom. The number of ether oxygens (including phenoxy) is 1. The lowest BCUT2D eigenvalue weighted by atomic mass is 9.85. The molecule has 0 bridgehead atoms. The van der Waals surface area contributed by atoms with Gasteiger partial charge in [0.2, 0.25) is 5.91 Å². The molecule has 158 valence electrons. The van der Waals surface area contributed by atoms with Crippen molar-refractivity contribution < 1.29 is 14.6 Å². The fraction of sp³-hybridized carbons (Fsp3) is 0.381. The smallest absolute Gasteiger partial charge is 0.223 e. The Balaban J connectivity index is 1.48. The number of rotatable bonds is 8. The molecule has 0 radical (unpaired) electrons. The summed E-state index contributed by atoms with van der Waals surface area (Å²) in [6, 6.07) is 7.62. The first kappa shape index (κ1) is 20.6. The lowest BCUT2D eigenvalue weighted by Crippen LogP contribution is -2.40. The second kappa shape index (κ2) is 9.01. The Kier molecular flexibility index (Phi) is 6.19. The van der Waals surface area contributed by atoms with Crippen LogP contribution in [0.1, 0.15) is 19.3 Å². The van der Waals surface area contributed by atoms with Gasteiger partial charge in [0.1, 0.15) is 17.1 Å². The number of H-pyrrole nitrogens is 1. The number of halogens is 1. The fourth-order valence-corrected chi connectivity index (χ4v) is 3.84. The number of nitrogens with zero attached hydrogens (tertiary/aromatic N) is 2. The first-order chi connectivity index (χ1) is 14.6. The van der Waals surface area contributed by atoms with Crippen LogP contribution in [0.2, 0.25) is 0 Å². The molecule has 8 nitrogen and oxygen atoms in total. The number of amides is 1. The SMILES string of the molecule is COc1ccccc1-c1nc2ncc(Br)c(NCC(O)CNC(=O)C3CCC3)c2[nH]1. The quantitative estimate of drug-likeness (QED) is 0.399. The summed E-state index contributed by atoms with van der Waals surface area (Å²) >= 11 is 3.51. The monoisotopic (exact) mass is 473 g/mol. The van der Waals surface area contributed by atoms with Crippen molar-refractivity contribution in [3.05, 3.63) is 34.9 Å². The summed E-state index contributed by atoms with van der Waals surface area (Å²) < 4.78 is 6.18. The number of fused-ring (bicyclic) bond motifs is 1. The van der Waals surface area contributed by atoms with Crippen LogP contribution in [0.4, 0.5) is 5.69 Å². The molecule has 1 unspecified atom stereocenters. The van der Waals surface area contributed by atoms with Gasteiger partial charge in [-0.15, -0.1) is 0 Å². The van der Waals surface area contributed by atoms with Gasteiger partial charge in [-0.1, -0.05) is 18.6 Å². The van der Waals surface area contributed by atoms with Crippen LogP contribution in [0.3, 0.4) is 0 Å². The molecule has 0 saturated heterocycles. The Morgan fingerprint density at radius 1 is 1.37 bits per heavy atom. The molecule has 1 atom stereocenters. The van der Waals surface area contributed by atoms with Gasteiger partial charge in [0.15, 0.2) is 5.65 Å². The number of nitrogens with one attached hydrogen (secondary N) is 3. The molecule has 4 rings (SSSR count). The summed E-state index contributed by atoms with van der Waals surface area (Å²) in [5.41, 5.74) is 2.85. The Morgan fingerprint density at radius 2 is 2.17 bits per heavy atom. The molecule has 2 aromatic heterocycles. The number of aliphatic hydroxyl groups is 1. The summed E-state index contributed by atoms with van der Waals surface area (Å²) in [7, 11) is 1.62. The number of para-hydroxylation sites is 1. The predicted molar refractivity (Wildman–Crippen MR) is 118 cm³/mol. The number of aliphatic hydroxyl groups excluding tert-OH is 1. The molecule has 9 heteroatoms. The molecule has 1 saturated carbocycles. The standard InChI is InChI=1S/C21H24BrN5O3/c1-30-16-8-3-2-7-14(16)19-26-18-17(15(22)11-24-20(18)27-19)23-9-13(28)10-25-21(29)12-5-4-6-12/h2-3,7-8,11-13,28H,4-6,9-10H2,1H3,(H,25,29)(H2,23,24,26,27).